The molecule has 32 heavy (non-hydrogen) atoms. The zero-order valence-corrected chi connectivity index (χ0v) is 19.0. The first-order valence-corrected chi connectivity index (χ1v) is 12.3. The molecule has 4 rings (SSSR count). The summed E-state index contributed by atoms with van der Waals surface area (Å²) in [5.74, 6) is 0.708. The fourth-order valence-corrected chi connectivity index (χ4v) is 4.79. The summed E-state index contributed by atoms with van der Waals surface area (Å²) < 4.78 is 41.5. The molecular formula is C25H28F3N3S. The standard InChI is InChI=1S/C25H28F3N3S/c1-32-18-10-11-19(21(14-18)25(26,27)28)24-15-23(20-8-2-3-9-22(20)31-24)30-13-5-7-17-6-4-12-29-16-17/h2-3,8-11,14-15,17,29H,4-7,12-13,16H2,1H3,(H,30,31). The summed E-state index contributed by atoms with van der Waals surface area (Å²) in [7, 11) is 0. The SMILES string of the molecule is CSc1ccc(-c2cc(NCCCC3CCCNC3)c3ccccc3n2)c(C(F)(F)F)c1. The molecule has 170 valence electrons. The molecule has 0 spiro atoms. The number of benzene rings is 2. The molecule has 0 saturated carbocycles. The number of anilines is 1. The van der Waals surface area contributed by atoms with Gasteiger partial charge in [0.2, 0.25) is 0 Å². The van der Waals surface area contributed by atoms with Gasteiger partial charge in [0.15, 0.2) is 0 Å². The zero-order chi connectivity index (χ0) is 22.6. The Labute approximate surface area is 191 Å². The molecule has 0 radical (unpaired) electrons. The third-order valence-corrected chi connectivity index (χ3v) is 6.75. The molecule has 1 fully saturated rings. The Balaban J connectivity index is 1.62. The predicted octanol–water partition coefficient (Wildman–Crippen LogP) is 6.83. The lowest BCUT2D eigenvalue weighted by Crippen LogP contribution is -2.29. The van der Waals surface area contributed by atoms with Crippen LogP contribution in [0.3, 0.4) is 0 Å². The molecule has 2 N–H and O–H groups in total. The second-order valence-electron chi connectivity index (χ2n) is 8.26. The third kappa shape index (κ3) is 5.38. The fraction of sp³-hybridized carbons (Fsp3) is 0.400. The lowest BCUT2D eigenvalue weighted by Gasteiger charge is -2.22. The largest absolute Gasteiger partial charge is 0.417 e. The molecular weight excluding hydrogens is 431 g/mol. The smallest absolute Gasteiger partial charge is 0.384 e. The minimum atomic E-state index is -4.45. The number of thioether (sulfide) groups is 1. The predicted molar refractivity (Wildman–Crippen MR) is 127 cm³/mol. The van der Waals surface area contributed by atoms with Gasteiger partial charge < -0.3 is 10.6 Å². The normalized spacial score (nSPS) is 16.9. The Morgan fingerprint density at radius 1 is 1.16 bits per heavy atom. The van der Waals surface area contributed by atoms with Crippen molar-refractivity contribution in [1.29, 1.82) is 0 Å². The van der Waals surface area contributed by atoms with Crippen molar-refractivity contribution >= 4 is 28.4 Å². The van der Waals surface area contributed by atoms with Crippen molar-refractivity contribution in [3.63, 3.8) is 0 Å². The van der Waals surface area contributed by atoms with E-state index < -0.39 is 11.7 Å². The second-order valence-corrected chi connectivity index (χ2v) is 9.14. The summed E-state index contributed by atoms with van der Waals surface area (Å²) in [6, 6.07) is 13.8. The van der Waals surface area contributed by atoms with E-state index in [-0.39, 0.29) is 5.56 Å². The third-order valence-electron chi connectivity index (χ3n) is 6.03. The monoisotopic (exact) mass is 459 g/mol. The Morgan fingerprint density at radius 2 is 2.00 bits per heavy atom. The van der Waals surface area contributed by atoms with E-state index in [1.165, 1.54) is 36.7 Å². The van der Waals surface area contributed by atoms with Gasteiger partial charge in [-0.1, -0.05) is 24.3 Å². The molecule has 3 aromatic rings. The molecule has 1 atom stereocenters. The van der Waals surface area contributed by atoms with Gasteiger partial charge in [0.1, 0.15) is 0 Å². The summed E-state index contributed by atoms with van der Waals surface area (Å²) in [6.07, 6.45) is 1.98. The lowest BCUT2D eigenvalue weighted by molar-refractivity contribution is -0.137. The Morgan fingerprint density at radius 3 is 2.75 bits per heavy atom. The minimum Gasteiger partial charge on any atom is -0.384 e. The number of hydrogen-bond acceptors (Lipinski definition) is 4. The molecule has 1 unspecified atom stereocenters. The van der Waals surface area contributed by atoms with Gasteiger partial charge in [-0.25, -0.2) is 4.98 Å². The van der Waals surface area contributed by atoms with Crippen molar-refractivity contribution in [2.75, 3.05) is 31.2 Å². The van der Waals surface area contributed by atoms with E-state index >= 15 is 0 Å². The number of fused-ring (bicyclic) bond motifs is 1. The number of nitrogens with one attached hydrogen (secondary N) is 2. The highest BCUT2D eigenvalue weighted by Gasteiger charge is 2.34. The summed E-state index contributed by atoms with van der Waals surface area (Å²) in [5.41, 5.74) is 1.31. The first-order valence-electron chi connectivity index (χ1n) is 11.1. The number of aromatic nitrogens is 1. The van der Waals surface area contributed by atoms with Crippen LogP contribution in [0, 0.1) is 5.92 Å². The molecule has 1 aliphatic heterocycles. The van der Waals surface area contributed by atoms with E-state index in [1.807, 2.05) is 24.3 Å². The van der Waals surface area contributed by atoms with E-state index in [4.69, 9.17) is 0 Å². The summed E-state index contributed by atoms with van der Waals surface area (Å²) in [4.78, 5) is 5.16. The Hall–Kier alpha value is -2.25. The summed E-state index contributed by atoms with van der Waals surface area (Å²) in [6.45, 7) is 2.97. The highest BCUT2D eigenvalue weighted by molar-refractivity contribution is 7.98. The number of halogens is 3. The Kier molecular flexibility index (Phi) is 7.26. The van der Waals surface area contributed by atoms with E-state index in [9.17, 15) is 13.2 Å². The number of para-hydroxylation sites is 1. The van der Waals surface area contributed by atoms with Crippen LogP contribution >= 0.6 is 11.8 Å². The molecule has 1 saturated heterocycles. The van der Waals surface area contributed by atoms with Crippen molar-refractivity contribution in [2.45, 2.75) is 36.8 Å². The molecule has 1 aliphatic rings. The first-order chi connectivity index (χ1) is 15.5. The average Bonchev–Trinajstić information content (AvgIpc) is 2.81. The number of alkyl halides is 3. The second kappa shape index (κ2) is 10.1. The fourth-order valence-electron chi connectivity index (χ4n) is 4.35. The highest BCUT2D eigenvalue weighted by Crippen LogP contribution is 2.40. The lowest BCUT2D eigenvalue weighted by atomic mass is 9.95. The van der Waals surface area contributed by atoms with E-state index in [0.717, 1.165) is 43.5 Å². The van der Waals surface area contributed by atoms with Crippen LogP contribution < -0.4 is 10.6 Å². The van der Waals surface area contributed by atoms with Crippen molar-refractivity contribution in [1.82, 2.24) is 10.3 Å². The molecule has 2 aromatic carbocycles. The first kappa shape index (κ1) is 22.9. The summed E-state index contributed by atoms with van der Waals surface area (Å²) in [5, 5.41) is 7.84. The van der Waals surface area contributed by atoms with Gasteiger partial charge in [-0.15, -0.1) is 11.8 Å². The quantitative estimate of drug-likeness (QED) is 0.300. The molecule has 0 aliphatic carbocycles. The van der Waals surface area contributed by atoms with Crippen LogP contribution in [0.15, 0.2) is 53.4 Å². The zero-order valence-electron chi connectivity index (χ0n) is 18.1. The van der Waals surface area contributed by atoms with Crippen LogP contribution in [0.1, 0.15) is 31.2 Å². The van der Waals surface area contributed by atoms with Crippen LogP contribution in [0.4, 0.5) is 18.9 Å². The molecule has 3 nitrogen and oxygen atoms in total. The van der Waals surface area contributed by atoms with Gasteiger partial charge in [-0.3, -0.25) is 0 Å². The molecule has 7 heteroatoms. The van der Waals surface area contributed by atoms with E-state index in [2.05, 4.69) is 15.6 Å². The number of piperidine rings is 1. The Bertz CT molecular complexity index is 1060. The van der Waals surface area contributed by atoms with Gasteiger partial charge in [0, 0.05) is 28.1 Å². The van der Waals surface area contributed by atoms with Crippen molar-refractivity contribution in [2.24, 2.45) is 5.92 Å². The summed E-state index contributed by atoms with van der Waals surface area (Å²) >= 11 is 1.30. The van der Waals surface area contributed by atoms with Crippen LogP contribution in [0.2, 0.25) is 0 Å². The van der Waals surface area contributed by atoms with E-state index in [1.54, 1.807) is 18.4 Å². The maximum Gasteiger partial charge on any atom is 0.417 e. The van der Waals surface area contributed by atoms with E-state index in [0.29, 0.717) is 22.0 Å². The van der Waals surface area contributed by atoms with Gasteiger partial charge in [-0.2, -0.15) is 13.2 Å². The average molecular weight is 460 g/mol. The maximum absolute atomic E-state index is 13.8. The topological polar surface area (TPSA) is 37.0 Å². The van der Waals surface area contributed by atoms with Crippen LogP contribution in [0.5, 0.6) is 0 Å². The van der Waals surface area contributed by atoms with Crippen molar-refractivity contribution < 1.29 is 13.2 Å². The molecule has 0 bridgehead atoms. The van der Waals surface area contributed by atoms with Crippen molar-refractivity contribution in [3.8, 4) is 11.3 Å². The minimum absolute atomic E-state index is 0.109. The van der Waals surface area contributed by atoms with Gasteiger partial charge in [0.05, 0.1) is 16.8 Å². The van der Waals surface area contributed by atoms with Crippen LogP contribution in [0.25, 0.3) is 22.2 Å². The van der Waals surface area contributed by atoms with Gasteiger partial charge >= 0.3 is 6.18 Å². The van der Waals surface area contributed by atoms with Gasteiger partial charge in [-0.05, 0) is 75.2 Å². The molecule has 1 aromatic heterocycles. The number of pyridine rings is 1. The number of rotatable bonds is 7. The maximum atomic E-state index is 13.8. The number of hydrogen-bond donors (Lipinski definition) is 2. The highest BCUT2D eigenvalue weighted by atomic mass is 32.2. The van der Waals surface area contributed by atoms with Crippen LogP contribution in [-0.4, -0.2) is 30.9 Å². The van der Waals surface area contributed by atoms with Crippen LogP contribution in [-0.2, 0) is 6.18 Å². The molecule has 0 amide bonds. The van der Waals surface area contributed by atoms with Crippen molar-refractivity contribution in [3.05, 3.63) is 54.1 Å². The molecule has 2 heterocycles. The number of nitrogens with zero attached hydrogens (tertiary/aromatic N) is 1. The van der Waals surface area contributed by atoms with Gasteiger partial charge in [0.25, 0.3) is 0 Å².